The van der Waals surface area contributed by atoms with Crippen LogP contribution in [0.3, 0.4) is 0 Å². The largest absolute Gasteiger partial charge is 0.294 e. The second-order valence-corrected chi connectivity index (χ2v) is 5.62. The van der Waals surface area contributed by atoms with Gasteiger partial charge in [0.2, 0.25) is 0 Å². The minimum Gasteiger partial charge on any atom is -0.294 e. The molecule has 0 amide bonds. The summed E-state index contributed by atoms with van der Waals surface area (Å²) in [5.41, 5.74) is 0.939. The molecule has 0 bridgehead atoms. The highest BCUT2D eigenvalue weighted by Crippen LogP contribution is 2.19. The van der Waals surface area contributed by atoms with Crippen LogP contribution in [-0.4, -0.2) is 5.78 Å². The van der Waals surface area contributed by atoms with Crippen molar-refractivity contribution in [3.8, 4) is 0 Å². The van der Waals surface area contributed by atoms with E-state index in [1.54, 1.807) is 12.1 Å². The average molecular weight is 360 g/mol. The molecule has 0 spiro atoms. The topological polar surface area (TPSA) is 17.1 Å². The van der Waals surface area contributed by atoms with Gasteiger partial charge < -0.3 is 0 Å². The smallest absolute Gasteiger partial charge is 0.163 e. The Balaban J connectivity index is 2.06. The molecule has 0 aliphatic rings. The molecule has 0 aliphatic carbocycles. The van der Waals surface area contributed by atoms with Gasteiger partial charge in [-0.1, -0.05) is 17.7 Å². The van der Waals surface area contributed by atoms with Gasteiger partial charge in [-0.3, -0.25) is 4.79 Å². The lowest BCUT2D eigenvalue weighted by Gasteiger charge is -2.04. The molecular weight excluding hydrogens is 350 g/mol. The van der Waals surface area contributed by atoms with Gasteiger partial charge in [0.1, 0.15) is 11.6 Å². The minimum absolute atomic E-state index is 0.168. The van der Waals surface area contributed by atoms with Crippen molar-refractivity contribution in [2.45, 2.75) is 12.8 Å². The van der Waals surface area contributed by atoms with Gasteiger partial charge in [0.25, 0.3) is 0 Å². The Morgan fingerprint density at radius 2 is 1.90 bits per heavy atom. The zero-order valence-corrected chi connectivity index (χ0v) is 12.6. The molecule has 104 valence electrons. The Kier molecular flexibility index (Phi) is 4.89. The molecule has 0 aromatic heterocycles. The molecule has 0 unspecified atom stereocenters. The van der Waals surface area contributed by atoms with Crippen LogP contribution in [0.25, 0.3) is 0 Å². The molecule has 0 radical (unpaired) electrons. The molecule has 0 saturated carbocycles. The van der Waals surface area contributed by atoms with Crippen molar-refractivity contribution < 1.29 is 13.6 Å². The summed E-state index contributed by atoms with van der Waals surface area (Å²) in [5, 5.41) is 0.294. The van der Waals surface area contributed by atoms with E-state index < -0.39 is 11.6 Å². The van der Waals surface area contributed by atoms with Crippen LogP contribution in [-0.2, 0) is 6.42 Å². The van der Waals surface area contributed by atoms with Crippen molar-refractivity contribution in [3.05, 3.63) is 68.7 Å². The highest BCUT2D eigenvalue weighted by Gasteiger charge is 2.10. The summed E-state index contributed by atoms with van der Waals surface area (Å²) >= 11 is 8.77. The van der Waals surface area contributed by atoms with E-state index in [1.807, 2.05) is 0 Å². The average Bonchev–Trinajstić information content (AvgIpc) is 2.38. The molecule has 2 rings (SSSR count). The van der Waals surface area contributed by atoms with Gasteiger partial charge in [-0.25, -0.2) is 8.78 Å². The predicted octanol–water partition coefficient (Wildman–Crippen LogP) is 5.20. The summed E-state index contributed by atoms with van der Waals surface area (Å²) in [4.78, 5) is 11.9. The third-order valence-electron chi connectivity index (χ3n) is 2.80. The lowest BCUT2D eigenvalue weighted by molar-refractivity contribution is 0.0982. The predicted molar refractivity (Wildman–Crippen MR) is 78.2 cm³/mol. The second-order valence-electron chi connectivity index (χ2n) is 4.33. The summed E-state index contributed by atoms with van der Waals surface area (Å²) in [7, 11) is 0. The Labute approximate surface area is 128 Å². The molecule has 0 aliphatic heterocycles. The Bertz CT molecular complexity index is 638. The van der Waals surface area contributed by atoms with Gasteiger partial charge in [-0.15, -0.1) is 0 Å². The third kappa shape index (κ3) is 3.87. The fourth-order valence-corrected chi connectivity index (χ4v) is 2.32. The molecule has 5 heteroatoms. The quantitative estimate of drug-likeness (QED) is 0.686. The zero-order chi connectivity index (χ0) is 14.7. The molecule has 2 aromatic rings. The molecule has 20 heavy (non-hydrogen) atoms. The Morgan fingerprint density at radius 3 is 2.55 bits per heavy atom. The van der Waals surface area contributed by atoms with Crippen LogP contribution in [0.2, 0.25) is 5.02 Å². The number of aryl methyl sites for hydroxylation is 1. The minimum atomic E-state index is -0.482. The van der Waals surface area contributed by atoms with Gasteiger partial charge in [0, 0.05) is 17.0 Å². The lowest BCUT2D eigenvalue weighted by atomic mass is 10.0. The zero-order valence-electron chi connectivity index (χ0n) is 10.3. The van der Waals surface area contributed by atoms with Gasteiger partial charge >= 0.3 is 0 Å². The first-order valence-electron chi connectivity index (χ1n) is 5.89. The van der Waals surface area contributed by atoms with Gasteiger partial charge in [0.05, 0.1) is 4.47 Å². The highest BCUT2D eigenvalue weighted by molar-refractivity contribution is 9.10. The van der Waals surface area contributed by atoms with Crippen molar-refractivity contribution in [2.24, 2.45) is 0 Å². The van der Waals surface area contributed by atoms with Crippen LogP contribution < -0.4 is 0 Å². The van der Waals surface area contributed by atoms with Crippen molar-refractivity contribution in [3.63, 3.8) is 0 Å². The molecule has 0 N–H and O–H groups in total. The first-order chi connectivity index (χ1) is 9.45. The fraction of sp³-hybridized carbons (Fsp3) is 0.133. The van der Waals surface area contributed by atoms with Crippen molar-refractivity contribution >= 4 is 33.3 Å². The van der Waals surface area contributed by atoms with Crippen LogP contribution in [0.5, 0.6) is 0 Å². The van der Waals surface area contributed by atoms with E-state index in [2.05, 4.69) is 15.9 Å². The summed E-state index contributed by atoms with van der Waals surface area (Å²) in [6.45, 7) is 0. The molecule has 0 heterocycles. The second kappa shape index (κ2) is 6.46. The number of hydrogen-bond donors (Lipinski definition) is 0. The van der Waals surface area contributed by atoms with E-state index in [0.717, 1.165) is 0 Å². The van der Waals surface area contributed by atoms with Crippen LogP contribution in [0, 0.1) is 11.6 Å². The monoisotopic (exact) mass is 358 g/mol. The van der Waals surface area contributed by atoms with Gasteiger partial charge in [0.15, 0.2) is 5.78 Å². The van der Waals surface area contributed by atoms with Crippen LogP contribution in [0.1, 0.15) is 22.3 Å². The normalized spacial score (nSPS) is 10.6. The number of Topliss-reactive ketones (excluding diaryl/α,β-unsaturated/α-hetero) is 1. The Hall–Kier alpha value is -1.26. The fourth-order valence-electron chi connectivity index (χ4n) is 1.83. The first-order valence-corrected chi connectivity index (χ1v) is 7.06. The Morgan fingerprint density at radius 1 is 1.15 bits per heavy atom. The first kappa shape index (κ1) is 15.1. The van der Waals surface area contributed by atoms with Crippen LogP contribution in [0.15, 0.2) is 40.9 Å². The van der Waals surface area contributed by atoms with E-state index in [1.165, 1.54) is 24.3 Å². The number of carbonyl (C=O) groups excluding carboxylic acids is 1. The number of carbonyl (C=O) groups is 1. The van der Waals surface area contributed by atoms with Crippen molar-refractivity contribution in [1.29, 1.82) is 0 Å². The van der Waals surface area contributed by atoms with E-state index in [0.29, 0.717) is 27.0 Å². The maximum Gasteiger partial charge on any atom is 0.163 e. The number of hydrogen-bond acceptors (Lipinski definition) is 1. The van der Waals surface area contributed by atoms with Crippen molar-refractivity contribution in [1.82, 2.24) is 0 Å². The summed E-state index contributed by atoms with van der Waals surface area (Å²) in [5.74, 6) is -1.11. The highest BCUT2D eigenvalue weighted by atomic mass is 79.9. The summed E-state index contributed by atoms with van der Waals surface area (Å²) in [6.07, 6.45) is 0.523. The summed E-state index contributed by atoms with van der Waals surface area (Å²) in [6, 6.07) is 8.37. The SMILES string of the molecule is O=C(CCc1cc(F)cc(Cl)c1)c1ccc(Br)c(F)c1. The van der Waals surface area contributed by atoms with Gasteiger partial charge in [-0.2, -0.15) is 0 Å². The van der Waals surface area contributed by atoms with Crippen LogP contribution >= 0.6 is 27.5 Å². The third-order valence-corrected chi connectivity index (χ3v) is 3.67. The standard InChI is InChI=1S/C15H10BrClF2O/c16-13-3-2-10(7-14(13)19)15(20)4-1-9-5-11(17)8-12(18)6-9/h2-3,5-8H,1,4H2. The molecule has 0 saturated heterocycles. The molecule has 0 atom stereocenters. The number of halogens is 4. The summed E-state index contributed by atoms with van der Waals surface area (Å²) < 4.78 is 26.8. The number of benzene rings is 2. The van der Waals surface area contributed by atoms with E-state index in [9.17, 15) is 13.6 Å². The molecule has 0 fully saturated rings. The van der Waals surface area contributed by atoms with Crippen molar-refractivity contribution in [2.75, 3.05) is 0 Å². The van der Waals surface area contributed by atoms with E-state index in [4.69, 9.17) is 11.6 Å². The van der Waals surface area contributed by atoms with Crippen LogP contribution in [0.4, 0.5) is 8.78 Å². The molecule has 1 nitrogen and oxygen atoms in total. The number of ketones is 1. The van der Waals surface area contributed by atoms with E-state index in [-0.39, 0.29) is 12.2 Å². The lowest BCUT2D eigenvalue weighted by Crippen LogP contribution is -2.02. The molecular formula is C15H10BrClF2O. The van der Waals surface area contributed by atoms with E-state index >= 15 is 0 Å². The van der Waals surface area contributed by atoms with Gasteiger partial charge in [-0.05, 0) is 58.2 Å². The maximum absolute atomic E-state index is 13.3. The maximum atomic E-state index is 13.3. The number of rotatable bonds is 4. The molecule has 2 aromatic carbocycles.